The summed E-state index contributed by atoms with van der Waals surface area (Å²) >= 11 is 1.09. The number of thiophene rings is 1. The molecule has 148 valence electrons. The second-order valence-corrected chi connectivity index (χ2v) is 7.83. The number of carbonyl (C=O) groups excluding carboxylic acids is 1. The minimum Gasteiger partial charge on any atom is -0.475 e. The summed E-state index contributed by atoms with van der Waals surface area (Å²) in [6.07, 6.45) is -0.312. The van der Waals surface area contributed by atoms with Crippen molar-refractivity contribution in [2.24, 2.45) is 5.92 Å². The second kappa shape index (κ2) is 7.08. The fourth-order valence-electron chi connectivity index (χ4n) is 3.03. The molecule has 1 aliphatic carbocycles. The summed E-state index contributed by atoms with van der Waals surface area (Å²) in [7, 11) is 0. The fourth-order valence-corrected chi connectivity index (χ4v) is 3.89. The van der Waals surface area contributed by atoms with Crippen molar-refractivity contribution >= 4 is 28.3 Å². The number of nitrogens with one attached hydrogen (secondary N) is 2. The topological polar surface area (TPSA) is 79.9 Å². The molecule has 6 nitrogen and oxygen atoms in total. The van der Waals surface area contributed by atoms with Crippen molar-refractivity contribution < 1.29 is 22.7 Å². The number of halogens is 3. The molecule has 1 fully saturated rings. The molecular formula is C18H17F3N4O2S. The molecule has 4 rings (SSSR count). The van der Waals surface area contributed by atoms with Crippen molar-refractivity contribution in [1.82, 2.24) is 20.3 Å². The third-order valence-corrected chi connectivity index (χ3v) is 5.73. The lowest BCUT2D eigenvalue weighted by molar-refractivity contribution is -0.152. The summed E-state index contributed by atoms with van der Waals surface area (Å²) in [5.74, 6) is 0.544. The van der Waals surface area contributed by atoms with Crippen LogP contribution in [-0.2, 0) is 4.79 Å². The number of imidazole rings is 1. The van der Waals surface area contributed by atoms with Crippen molar-refractivity contribution in [3.8, 4) is 5.06 Å². The smallest absolute Gasteiger partial charge is 0.422 e. The van der Waals surface area contributed by atoms with Gasteiger partial charge in [0, 0.05) is 22.9 Å². The lowest BCUT2D eigenvalue weighted by Gasteiger charge is -2.12. The van der Waals surface area contributed by atoms with Gasteiger partial charge in [0.1, 0.15) is 5.82 Å². The molecule has 3 aromatic rings. The van der Waals surface area contributed by atoms with Crippen LogP contribution in [0.1, 0.15) is 36.0 Å². The SMILES string of the molecule is CC(NC(=O)C1CC1c1nc2ccncc2[nH]1)c1ccc(OCC(F)(F)F)s1. The predicted octanol–water partition coefficient (Wildman–Crippen LogP) is 3.94. The first-order chi connectivity index (χ1) is 13.3. The monoisotopic (exact) mass is 410 g/mol. The maximum Gasteiger partial charge on any atom is 0.422 e. The highest BCUT2D eigenvalue weighted by Crippen LogP contribution is 2.47. The Morgan fingerprint density at radius 3 is 3.00 bits per heavy atom. The Morgan fingerprint density at radius 1 is 1.43 bits per heavy atom. The number of fused-ring (bicyclic) bond motifs is 1. The van der Waals surface area contributed by atoms with Crippen molar-refractivity contribution in [2.45, 2.75) is 31.5 Å². The van der Waals surface area contributed by atoms with E-state index in [0.717, 1.165) is 33.1 Å². The number of aromatic amines is 1. The summed E-state index contributed by atoms with van der Waals surface area (Å²) in [6.45, 7) is 0.464. The molecule has 0 bridgehead atoms. The van der Waals surface area contributed by atoms with Crippen molar-refractivity contribution in [3.05, 3.63) is 41.3 Å². The zero-order valence-corrected chi connectivity index (χ0v) is 15.6. The van der Waals surface area contributed by atoms with E-state index in [9.17, 15) is 18.0 Å². The summed E-state index contributed by atoms with van der Waals surface area (Å²) in [5, 5.41) is 3.09. The van der Waals surface area contributed by atoms with Crippen LogP contribution in [0.5, 0.6) is 5.06 Å². The first kappa shape index (κ1) is 18.7. The predicted molar refractivity (Wildman–Crippen MR) is 97.2 cm³/mol. The van der Waals surface area contributed by atoms with Crippen LogP contribution < -0.4 is 10.1 Å². The quantitative estimate of drug-likeness (QED) is 0.645. The number of aromatic nitrogens is 3. The van der Waals surface area contributed by atoms with E-state index in [1.165, 1.54) is 6.07 Å². The fraction of sp³-hybridized carbons (Fsp3) is 0.389. The highest BCUT2D eigenvalue weighted by Gasteiger charge is 2.46. The number of rotatable bonds is 6. The first-order valence-electron chi connectivity index (χ1n) is 8.69. The molecule has 1 amide bonds. The highest BCUT2D eigenvalue weighted by atomic mass is 32.1. The third kappa shape index (κ3) is 4.11. The van der Waals surface area contributed by atoms with Crippen LogP contribution in [0, 0.1) is 5.92 Å². The number of carbonyl (C=O) groups is 1. The second-order valence-electron chi connectivity index (χ2n) is 6.75. The summed E-state index contributed by atoms with van der Waals surface area (Å²) in [6, 6.07) is 4.64. The van der Waals surface area contributed by atoms with Gasteiger partial charge in [-0.2, -0.15) is 13.2 Å². The number of H-pyrrole nitrogens is 1. The Bertz CT molecular complexity index is 967. The van der Waals surface area contributed by atoms with Crippen LogP contribution in [0.15, 0.2) is 30.6 Å². The molecule has 0 spiro atoms. The summed E-state index contributed by atoms with van der Waals surface area (Å²) in [5.41, 5.74) is 1.65. The van der Waals surface area contributed by atoms with Gasteiger partial charge >= 0.3 is 6.18 Å². The Morgan fingerprint density at radius 2 is 2.25 bits per heavy atom. The van der Waals surface area contributed by atoms with Gasteiger partial charge in [-0.15, -0.1) is 11.3 Å². The molecular weight excluding hydrogens is 393 g/mol. The molecule has 0 radical (unpaired) electrons. The van der Waals surface area contributed by atoms with Crippen molar-refractivity contribution in [2.75, 3.05) is 6.61 Å². The van der Waals surface area contributed by atoms with Gasteiger partial charge in [0.25, 0.3) is 0 Å². The molecule has 1 aliphatic rings. The molecule has 0 aromatic carbocycles. The van der Waals surface area contributed by atoms with E-state index < -0.39 is 12.8 Å². The zero-order valence-electron chi connectivity index (χ0n) is 14.8. The van der Waals surface area contributed by atoms with Gasteiger partial charge in [0.05, 0.1) is 23.3 Å². The van der Waals surface area contributed by atoms with E-state index in [0.29, 0.717) is 6.42 Å². The van der Waals surface area contributed by atoms with Crippen LogP contribution in [0.3, 0.4) is 0 Å². The number of hydrogen-bond donors (Lipinski definition) is 2. The Hall–Kier alpha value is -2.62. The first-order valence-corrected chi connectivity index (χ1v) is 9.51. The van der Waals surface area contributed by atoms with Crippen LogP contribution in [0.2, 0.25) is 0 Å². The number of nitrogens with zero attached hydrogens (tertiary/aromatic N) is 2. The largest absolute Gasteiger partial charge is 0.475 e. The number of pyridine rings is 1. The molecule has 0 aliphatic heterocycles. The van der Waals surface area contributed by atoms with Gasteiger partial charge in [-0.05, 0) is 31.5 Å². The number of amides is 1. The maximum absolute atomic E-state index is 12.5. The van der Waals surface area contributed by atoms with Gasteiger partial charge in [0.15, 0.2) is 11.7 Å². The van der Waals surface area contributed by atoms with Gasteiger partial charge in [-0.25, -0.2) is 4.98 Å². The van der Waals surface area contributed by atoms with Crippen LogP contribution in [0.4, 0.5) is 13.2 Å². The minimum atomic E-state index is -4.38. The van der Waals surface area contributed by atoms with Crippen LogP contribution >= 0.6 is 11.3 Å². The van der Waals surface area contributed by atoms with E-state index >= 15 is 0 Å². The van der Waals surface area contributed by atoms with Crippen LogP contribution in [0.25, 0.3) is 11.0 Å². The van der Waals surface area contributed by atoms with E-state index in [1.54, 1.807) is 25.4 Å². The lowest BCUT2D eigenvalue weighted by Crippen LogP contribution is -2.28. The minimum absolute atomic E-state index is 0.0358. The van der Waals surface area contributed by atoms with Gasteiger partial charge in [-0.3, -0.25) is 9.78 Å². The number of alkyl halides is 3. The van der Waals surface area contributed by atoms with E-state index in [-0.39, 0.29) is 28.8 Å². The molecule has 3 aromatic heterocycles. The molecule has 2 N–H and O–H groups in total. The Balaban J connectivity index is 1.33. The lowest BCUT2D eigenvalue weighted by atomic mass is 10.2. The average Bonchev–Trinajstić information content (AvgIpc) is 3.11. The van der Waals surface area contributed by atoms with Crippen molar-refractivity contribution in [3.63, 3.8) is 0 Å². The van der Waals surface area contributed by atoms with E-state index in [2.05, 4.69) is 20.3 Å². The average molecular weight is 410 g/mol. The van der Waals surface area contributed by atoms with Gasteiger partial charge < -0.3 is 15.0 Å². The van der Waals surface area contributed by atoms with E-state index in [1.807, 2.05) is 6.07 Å². The Kier molecular flexibility index (Phi) is 4.74. The molecule has 10 heteroatoms. The number of hydrogen-bond acceptors (Lipinski definition) is 5. The Labute approximate surface area is 162 Å². The van der Waals surface area contributed by atoms with Crippen molar-refractivity contribution in [1.29, 1.82) is 0 Å². The molecule has 28 heavy (non-hydrogen) atoms. The maximum atomic E-state index is 12.5. The molecule has 0 saturated heterocycles. The number of ether oxygens (including phenoxy) is 1. The molecule has 3 atom stereocenters. The third-order valence-electron chi connectivity index (χ3n) is 4.55. The summed E-state index contributed by atoms with van der Waals surface area (Å²) < 4.78 is 41.4. The van der Waals surface area contributed by atoms with Gasteiger partial charge in [0.2, 0.25) is 5.91 Å². The van der Waals surface area contributed by atoms with E-state index in [4.69, 9.17) is 4.74 Å². The molecule has 3 heterocycles. The zero-order chi connectivity index (χ0) is 19.9. The molecule has 1 saturated carbocycles. The molecule has 3 unspecified atom stereocenters. The van der Waals surface area contributed by atoms with Crippen LogP contribution in [-0.4, -0.2) is 33.6 Å². The summed E-state index contributed by atoms with van der Waals surface area (Å²) in [4.78, 5) is 25.0. The highest BCUT2D eigenvalue weighted by molar-refractivity contribution is 7.13. The standard InChI is InChI=1S/C18H17F3N4O2S/c1-9(14-2-3-15(28-14)27-8-18(19,20)21)23-17(26)11-6-10(11)16-24-12-4-5-22-7-13(12)25-16/h2-5,7,9-11H,6,8H2,1H3,(H,23,26)(H,24,25). The van der Waals surface area contributed by atoms with Gasteiger partial charge in [-0.1, -0.05) is 0 Å². The normalized spacial score (nSPS) is 20.1.